The lowest BCUT2D eigenvalue weighted by Crippen LogP contribution is -2.55. The van der Waals surface area contributed by atoms with Crippen LogP contribution >= 0.6 is 0 Å². The third kappa shape index (κ3) is 9.70. The van der Waals surface area contributed by atoms with E-state index in [0.717, 1.165) is 16.7 Å². The van der Waals surface area contributed by atoms with E-state index in [-0.39, 0.29) is 31.3 Å². The first kappa shape index (κ1) is 32.3. The van der Waals surface area contributed by atoms with Gasteiger partial charge in [-0.1, -0.05) is 55.5 Å². The molecule has 9 heteroatoms. The molecule has 218 valence electrons. The van der Waals surface area contributed by atoms with Gasteiger partial charge in [0.15, 0.2) is 0 Å². The Morgan fingerprint density at radius 1 is 1.00 bits per heavy atom. The lowest BCUT2D eigenvalue weighted by molar-refractivity contribution is -0.145. The fourth-order valence-corrected chi connectivity index (χ4v) is 4.22. The van der Waals surface area contributed by atoms with E-state index in [1.165, 1.54) is 4.90 Å². The molecule has 2 aromatic rings. The van der Waals surface area contributed by atoms with E-state index in [1.807, 2.05) is 76.2 Å². The molecule has 0 aliphatic carbocycles. The number of hydrogen-bond donors (Lipinski definition) is 3. The number of primary amides is 1. The molecular formula is C31H44N4O5. The fraction of sp³-hybridized carbons (Fsp3) is 0.484. The van der Waals surface area contributed by atoms with E-state index in [4.69, 9.17) is 10.5 Å². The second-order valence-electron chi connectivity index (χ2n) is 11.2. The molecule has 40 heavy (non-hydrogen) atoms. The summed E-state index contributed by atoms with van der Waals surface area (Å²) in [6.45, 7) is 13.1. The van der Waals surface area contributed by atoms with Gasteiger partial charge >= 0.3 is 6.09 Å². The summed E-state index contributed by atoms with van der Waals surface area (Å²) in [5.74, 6) is -1.46. The molecule has 0 fully saturated rings. The van der Waals surface area contributed by atoms with Gasteiger partial charge in [0.1, 0.15) is 17.7 Å². The predicted octanol–water partition coefficient (Wildman–Crippen LogP) is 4.45. The predicted molar refractivity (Wildman–Crippen MR) is 155 cm³/mol. The van der Waals surface area contributed by atoms with Crippen LogP contribution in [0, 0.1) is 13.8 Å². The zero-order valence-corrected chi connectivity index (χ0v) is 24.7. The van der Waals surface area contributed by atoms with Crippen LogP contribution in [0.4, 0.5) is 4.79 Å². The fourth-order valence-electron chi connectivity index (χ4n) is 4.22. The second kappa shape index (κ2) is 14.5. The van der Waals surface area contributed by atoms with Crippen LogP contribution in [0.1, 0.15) is 82.2 Å². The lowest BCUT2D eigenvalue weighted by atomic mass is 9.96. The van der Waals surface area contributed by atoms with Gasteiger partial charge in [-0.05, 0) is 76.6 Å². The highest BCUT2D eigenvalue weighted by molar-refractivity contribution is 5.92. The summed E-state index contributed by atoms with van der Waals surface area (Å²) in [5.41, 5.74) is 8.19. The normalized spacial score (nSPS) is 13.5. The molecule has 2 rings (SSSR count). The molecule has 0 aliphatic rings. The summed E-state index contributed by atoms with van der Waals surface area (Å²) in [6, 6.07) is 12.7. The smallest absolute Gasteiger partial charge is 0.408 e. The van der Waals surface area contributed by atoms with Gasteiger partial charge in [0, 0.05) is 19.0 Å². The average Bonchev–Trinajstić information content (AvgIpc) is 2.88. The highest BCUT2D eigenvalue weighted by atomic mass is 16.6. The highest BCUT2D eigenvalue weighted by Gasteiger charge is 2.38. The van der Waals surface area contributed by atoms with Gasteiger partial charge in [-0.2, -0.15) is 0 Å². The van der Waals surface area contributed by atoms with E-state index in [0.29, 0.717) is 12.0 Å². The van der Waals surface area contributed by atoms with Crippen molar-refractivity contribution in [3.05, 3.63) is 70.8 Å². The van der Waals surface area contributed by atoms with Crippen molar-refractivity contribution in [3.8, 4) is 0 Å². The number of hydrogen-bond acceptors (Lipinski definition) is 5. The number of ether oxygens (including phenoxy) is 1. The molecule has 4 N–H and O–H groups in total. The Bertz CT molecular complexity index is 1180. The first-order valence-corrected chi connectivity index (χ1v) is 13.7. The summed E-state index contributed by atoms with van der Waals surface area (Å²) in [7, 11) is 0. The van der Waals surface area contributed by atoms with E-state index >= 15 is 0 Å². The van der Waals surface area contributed by atoms with Crippen molar-refractivity contribution in [1.82, 2.24) is 15.5 Å². The topological polar surface area (TPSA) is 131 Å². The minimum Gasteiger partial charge on any atom is -0.444 e. The Morgan fingerprint density at radius 2 is 1.65 bits per heavy atom. The summed E-state index contributed by atoms with van der Waals surface area (Å²) < 4.78 is 5.38. The number of aryl methyl sites for hydroxylation is 2. The van der Waals surface area contributed by atoms with Gasteiger partial charge in [0.25, 0.3) is 0 Å². The zero-order chi connectivity index (χ0) is 30.0. The maximum absolute atomic E-state index is 14.2. The molecule has 0 saturated carbocycles. The van der Waals surface area contributed by atoms with Crippen LogP contribution in [0.25, 0.3) is 0 Å². The van der Waals surface area contributed by atoms with Crippen molar-refractivity contribution in [3.63, 3.8) is 0 Å². The van der Waals surface area contributed by atoms with Gasteiger partial charge in [0.05, 0.1) is 0 Å². The third-order valence-electron chi connectivity index (χ3n) is 6.67. The SMILES string of the molecule is CCC(C)N(C(=O)C(CCC(N)=O)NC(=O)OC(C)(C)C)C(C(=O)NCc1ccccc1)c1ccc(C)c(C)c1. The molecule has 0 bridgehead atoms. The third-order valence-corrected chi connectivity index (χ3v) is 6.67. The maximum atomic E-state index is 14.2. The number of carbonyl (C=O) groups is 4. The Balaban J connectivity index is 2.54. The van der Waals surface area contributed by atoms with Crippen LogP contribution in [0.15, 0.2) is 48.5 Å². The van der Waals surface area contributed by atoms with E-state index in [2.05, 4.69) is 10.6 Å². The number of nitrogens with two attached hydrogens (primary N) is 1. The van der Waals surface area contributed by atoms with Crippen molar-refractivity contribution in [2.24, 2.45) is 5.73 Å². The first-order valence-electron chi connectivity index (χ1n) is 13.7. The molecule has 2 aromatic carbocycles. The lowest BCUT2D eigenvalue weighted by Gasteiger charge is -2.38. The minimum absolute atomic E-state index is 0.0361. The maximum Gasteiger partial charge on any atom is 0.408 e. The Kier molecular flexibility index (Phi) is 11.7. The van der Waals surface area contributed by atoms with Gasteiger partial charge in [-0.3, -0.25) is 14.4 Å². The quantitative estimate of drug-likeness (QED) is 0.358. The Hall–Kier alpha value is -3.88. The van der Waals surface area contributed by atoms with E-state index in [9.17, 15) is 19.2 Å². The molecule has 4 amide bonds. The van der Waals surface area contributed by atoms with Gasteiger partial charge in [0.2, 0.25) is 17.7 Å². The second-order valence-corrected chi connectivity index (χ2v) is 11.2. The van der Waals surface area contributed by atoms with Gasteiger partial charge < -0.3 is 26.0 Å². The number of amides is 4. The molecule has 0 saturated heterocycles. The molecule has 9 nitrogen and oxygen atoms in total. The summed E-state index contributed by atoms with van der Waals surface area (Å²) >= 11 is 0. The number of carbonyl (C=O) groups excluding carboxylic acids is 4. The summed E-state index contributed by atoms with van der Waals surface area (Å²) in [6.07, 6.45) is -0.412. The number of rotatable bonds is 12. The first-order chi connectivity index (χ1) is 18.7. The Morgan fingerprint density at radius 3 is 2.20 bits per heavy atom. The van der Waals surface area contributed by atoms with Crippen LogP contribution in [-0.2, 0) is 25.7 Å². The molecule has 3 atom stereocenters. The van der Waals surface area contributed by atoms with Crippen LogP contribution in [0.3, 0.4) is 0 Å². The largest absolute Gasteiger partial charge is 0.444 e. The van der Waals surface area contributed by atoms with Gasteiger partial charge in [-0.25, -0.2) is 4.79 Å². The molecule has 0 spiro atoms. The molecule has 3 unspecified atom stereocenters. The monoisotopic (exact) mass is 552 g/mol. The van der Waals surface area contributed by atoms with Crippen LogP contribution < -0.4 is 16.4 Å². The zero-order valence-electron chi connectivity index (χ0n) is 24.7. The van der Waals surface area contributed by atoms with Gasteiger partial charge in [-0.15, -0.1) is 0 Å². The average molecular weight is 553 g/mol. The van der Waals surface area contributed by atoms with Crippen molar-refractivity contribution >= 4 is 23.8 Å². The standard InChI is InChI=1S/C31H44N4O5/c1-8-22(4)35(29(38)25(16-17-26(32)36)34-30(39)40-31(5,6)7)27(24-15-14-20(2)21(3)18-24)28(37)33-19-23-12-10-9-11-13-23/h9-15,18,22,25,27H,8,16-17,19H2,1-7H3,(H2,32,36)(H,33,37)(H,34,39). The van der Waals surface area contributed by atoms with Crippen molar-refractivity contribution in [1.29, 1.82) is 0 Å². The van der Waals surface area contributed by atoms with Crippen LogP contribution in [-0.4, -0.2) is 46.4 Å². The van der Waals surface area contributed by atoms with E-state index < -0.39 is 35.6 Å². The van der Waals surface area contributed by atoms with Crippen molar-refractivity contribution < 1.29 is 23.9 Å². The van der Waals surface area contributed by atoms with Crippen molar-refractivity contribution in [2.75, 3.05) is 0 Å². The molecule has 0 aromatic heterocycles. The minimum atomic E-state index is -1.13. The van der Waals surface area contributed by atoms with Crippen LogP contribution in [0.5, 0.6) is 0 Å². The molecular weight excluding hydrogens is 508 g/mol. The number of nitrogens with zero attached hydrogens (tertiary/aromatic N) is 1. The van der Waals surface area contributed by atoms with Crippen molar-refractivity contribution in [2.45, 2.75) is 98.0 Å². The molecule has 0 heterocycles. The Labute approximate surface area is 237 Å². The number of benzene rings is 2. The number of nitrogens with one attached hydrogen (secondary N) is 2. The number of alkyl carbamates (subject to hydrolysis) is 1. The molecule has 0 aliphatic heterocycles. The molecule has 0 radical (unpaired) electrons. The highest BCUT2D eigenvalue weighted by Crippen LogP contribution is 2.28. The summed E-state index contributed by atoms with van der Waals surface area (Å²) in [5, 5.41) is 5.61. The van der Waals surface area contributed by atoms with E-state index in [1.54, 1.807) is 20.8 Å². The van der Waals surface area contributed by atoms with Crippen LogP contribution in [0.2, 0.25) is 0 Å². The summed E-state index contributed by atoms with van der Waals surface area (Å²) in [4.78, 5) is 54.0.